The minimum Gasteiger partial charge on any atom is -0.544 e. The van der Waals surface area contributed by atoms with Crippen molar-refractivity contribution in [1.82, 2.24) is 0 Å². The van der Waals surface area contributed by atoms with E-state index in [1.807, 2.05) is 0 Å². The molecular formula is C60H101NO7. The van der Waals surface area contributed by atoms with Gasteiger partial charge in [-0.25, -0.2) is 0 Å². The van der Waals surface area contributed by atoms with E-state index in [4.69, 9.17) is 14.2 Å². The maximum absolute atomic E-state index is 12.8. The van der Waals surface area contributed by atoms with Gasteiger partial charge in [-0.2, -0.15) is 0 Å². The zero-order chi connectivity index (χ0) is 49.9. The van der Waals surface area contributed by atoms with E-state index in [0.717, 1.165) is 103 Å². The van der Waals surface area contributed by atoms with Gasteiger partial charge >= 0.3 is 11.9 Å². The number of carbonyl (C=O) groups is 3. The highest BCUT2D eigenvalue weighted by atomic mass is 16.6. The molecule has 388 valence electrons. The molecule has 0 radical (unpaired) electrons. The Bertz CT molecular complexity index is 1430. The minimum absolute atomic E-state index is 0.0277. The normalized spacial score (nSPS) is 13.6. The molecule has 8 heteroatoms. The summed E-state index contributed by atoms with van der Waals surface area (Å²) in [5, 5.41) is 11.7. The summed E-state index contributed by atoms with van der Waals surface area (Å²) in [6.07, 6.45) is 67.3. The molecule has 0 aromatic carbocycles. The number of aliphatic carboxylic acids is 1. The van der Waals surface area contributed by atoms with Crippen LogP contribution in [0.25, 0.3) is 0 Å². The maximum atomic E-state index is 12.8. The highest BCUT2D eigenvalue weighted by Crippen LogP contribution is 2.15. The fourth-order valence-corrected chi connectivity index (χ4v) is 7.58. The van der Waals surface area contributed by atoms with E-state index in [2.05, 4.69) is 111 Å². The predicted molar refractivity (Wildman–Crippen MR) is 286 cm³/mol. The second-order valence-corrected chi connectivity index (χ2v) is 19.1. The SMILES string of the molecule is CC/C=C/C/C=C/C/C=C/C/C=C/C/C=C/C/C=C/CCCCCCC(=O)OCC(COCCC(C(=O)[O-])[N+](C)(C)C)OC(=O)CCCCCCCCCCCCCCCC/C=C/C/C=C/CC. The Morgan fingerprint density at radius 1 is 0.441 bits per heavy atom. The zero-order valence-corrected chi connectivity index (χ0v) is 44.2. The molecule has 0 aliphatic heterocycles. The molecule has 0 N–H and O–H groups in total. The number of allylic oxidation sites excluding steroid dienone is 16. The molecule has 0 amide bonds. The summed E-state index contributed by atoms with van der Waals surface area (Å²) in [6, 6.07) is -0.736. The molecule has 2 atom stereocenters. The number of carboxylic acids is 1. The summed E-state index contributed by atoms with van der Waals surface area (Å²) >= 11 is 0. The van der Waals surface area contributed by atoms with E-state index in [9.17, 15) is 19.5 Å². The van der Waals surface area contributed by atoms with Gasteiger partial charge < -0.3 is 28.6 Å². The number of likely N-dealkylation sites (N-methyl/N-ethyl adjacent to an activating group) is 1. The van der Waals surface area contributed by atoms with Crippen molar-refractivity contribution in [2.45, 2.75) is 225 Å². The highest BCUT2D eigenvalue weighted by Gasteiger charge is 2.25. The lowest BCUT2D eigenvalue weighted by molar-refractivity contribution is -0.889. The van der Waals surface area contributed by atoms with Crippen LogP contribution in [0.5, 0.6) is 0 Å². The summed E-state index contributed by atoms with van der Waals surface area (Å²) in [5.74, 6) is -1.77. The molecule has 0 saturated carbocycles. The van der Waals surface area contributed by atoms with Gasteiger partial charge in [0.2, 0.25) is 0 Å². The molecule has 0 fully saturated rings. The highest BCUT2D eigenvalue weighted by molar-refractivity contribution is 5.70. The lowest BCUT2D eigenvalue weighted by Gasteiger charge is -2.34. The monoisotopic (exact) mass is 948 g/mol. The summed E-state index contributed by atoms with van der Waals surface area (Å²) < 4.78 is 17.3. The van der Waals surface area contributed by atoms with E-state index < -0.39 is 18.1 Å². The first-order chi connectivity index (χ1) is 33.1. The molecule has 2 unspecified atom stereocenters. The average molecular weight is 948 g/mol. The maximum Gasteiger partial charge on any atom is 0.306 e. The van der Waals surface area contributed by atoms with Crippen molar-refractivity contribution in [2.75, 3.05) is 41.0 Å². The summed E-state index contributed by atoms with van der Waals surface area (Å²) in [5.41, 5.74) is 0. The van der Waals surface area contributed by atoms with Gasteiger partial charge in [-0.1, -0.05) is 201 Å². The number of esters is 2. The second-order valence-electron chi connectivity index (χ2n) is 19.1. The summed E-state index contributed by atoms with van der Waals surface area (Å²) in [7, 11) is 5.41. The number of unbranched alkanes of at least 4 members (excludes halogenated alkanes) is 18. The Hall–Kier alpha value is -3.75. The van der Waals surface area contributed by atoms with Crippen LogP contribution in [-0.4, -0.2) is 75.5 Å². The van der Waals surface area contributed by atoms with Crippen LogP contribution in [0, 0.1) is 0 Å². The number of ether oxygens (including phenoxy) is 3. The van der Waals surface area contributed by atoms with Gasteiger partial charge in [-0.15, -0.1) is 0 Å². The van der Waals surface area contributed by atoms with Crippen molar-refractivity contribution in [3.63, 3.8) is 0 Å². The third-order valence-corrected chi connectivity index (χ3v) is 11.7. The molecule has 0 aliphatic carbocycles. The quantitative estimate of drug-likeness (QED) is 0.0259. The van der Waals surface area contributed by atoms with Gasteiger partial charge in [0.15, 0.2) is 6.10 Å². The second kappa shape index (κ2) is 49.7. The van der Waals surface area contributed by atoms with Crippen LogP contribution in [0.1, 0.15) is 213 Å². The Morgan fingerprint density at radius 3 is 1.15 bits per heavy atom. The summed E-state index contributed by atoms with van der Waals surface area (Å²) in [6.45, 7) is 4.43. The van der Waals surface area contributed by atoms with Crippen molar-refractivity contribution >= 4 is 17.9 Å². The topological polar surface area (TPSA) is 102 Å². The van der Waals surface area contributed by atoms with Crippen LogP contribution >= 0.6 is 0 Å². The number of carboxylic acid groups (broad SMARTS) is 1. The van der Waals surface area contributed by atoms with Crippen LogP contribution in [0.2, 0.25) is 0 Å². The van der Waals surface area contributed by atoms with Gasteiger partial charge in [-0.05, 0) is 89.9 Å². The Balaban J connectivity index is 4.27. The van der Waals surface area contributed by atoms with Crippen LogP contribution in [0.15, 0.2) is 97.2 Å². The van der Waals surface area contributed by atoms with Crippen molar-refractivity contribution in [1.29, 1.82) is 0 Å². The standard InChI is InChI=1S/C60H101NO7/c1-6-8-10-12-14-16-18-20-22-24-26-28-29-31-32-34-36-38-40-42-44-46-48-50-58(62)67-55-56(54-66-53-52-57(60(64)65)61(3,4)5)68-59(63)51-49-47-45-43-41-39-37-35-33-30-27-25-23-21-19-17-15-13-11-9-7-2/h8-11,14-17,20,22,26,28,31-32,36,38,56-57H,6-7,12-13,18-19,21,23-25,27,29-30,33-35,37,39-55H2,1-5H3/b10-8+,11-9+,16-14+,17-15+,22-20+,28-26+,32-31+,38-36+. The molecule has 0 spiro atoms. The van der Waals surface area contributed by atoms with Crippen molar-refractivity contribution in [2.24, 2.45) is 0 Å². The fraction of sp³-hybridized carbons (Fsp3) is 0.683. The van der Waals surface area contributed by atoms with Crippen LogP contribution in [0.3, 0.4) is 0 Å². The average Bonchev–Trinajstić information content (AvgIpc) is 3.30. The molecule has 8 nitrogen and oxygen atoms in total. The van der Waals surface area contributed by atoms with Gasteiger partial charge in [0.25, 0.3) is 0 Å². The van der Waals surface area contributed by atoms with E-state index >= 15 is 0 Å². The molecule has 0 bridgehead atoms. The molecular weight excluding hydrogens is 847 g/mol. The molecule has 0 rings (SSSR count). The van der Waals surface area contributed by atoms with Crippen molar-refractivity contribution in [3.8, 4) is 0 Å². The molecule has 0 aliphatic rings. The van der Waals surface area contributed by atoms with E-state index in [-0.39, 0.29) is 42.7 Å². The van der Waals surface area contributed by atoms with Crippen LogP contribution in [0.4, 0.5) is 0 Å². The lowest BCUT2D eigenvalue weighted by Crippen LogP contribution is -2.55. The number of rotatable bonds is 48. The van der Waals surface area contributed by atoms with Crippen molar-refractivity contribution in [3.05, 3.63) is 97.2 Å². The number of quaternary nitrogens is 1. The van der Waals surface area contributed by atoms with Crippen molar-refractivity contribution < 1.29 is 38.2 Å². The van der Waals surface area contributed by atoms with E-state index in [0.29, 0.717) is 12.8 Å². The Labute approximate surface area is 417 Å². The number of nitrogens with zero attached hydrogens (tertiary/aromatic N) is 1. The molecule has 0 heterocycles. The van der Waals surface area contributed by atoms with Crippen LogP contribution in [-0.2, 0) is 28.6 Å². The van der Waals surface area contributed by atoms with E-state index in [1.54, 1.807) is 21.1 Å². The smallest absolute Gasteiger partial charge is 0.306 e. The molecule has 68 heavy (non-hydrogen) atoms. The van der Waals surface area contributed by atoms with E-state index in [1.165, 1.54) is 77.0 Å². The molecule has 0 aromatic heterocycles. The largest absolute Gasteiger partial charge is 0.544 e. The number of carbonyl (C=O) groups excluding carboxylic acids is 3. The molecule has 0 aromatic rings. The fourth-order valence-electron chi connectivity index (χ4n) is 7.58. The number of hydrogen-bond donors (Lipinski definition) is 0. The van der Waals surface area contributed by atoms with Gasteiger partial charge in [0.05, 0.1) is 40.3 Å². The zero-order valence-electron chi connectivity index (χ0n) is 44.2. The summed E-state index contributed by atoms with van der Waals surface area (Å²) in [4.78, 5) is 37.1. The first kappa shape index (κ1) is 64.2. The van der Waals surface area contributed by atoms with Crippen LogP contribution < -0.4 is 5.11 Å². The lowest BCUT2D eigenvalue weighted by atomic mass is 10.0. The third kappa shape index (κ3) is 47.3. The van der Waals surface area contributed by atoms with Gasteiger partial charge in [0.1, 0.15) is 12.6 Å². The van der Waals surface area contributed by atoms with Gasteiger partial charge in [0, 0.05) is 19.3 Å². The predicted octanol–water partition coefficient (Wildman–Crippen LogP) is 14.9. The Morgan fingerprint density at radius 2 is 0.779 bits per heavy atom. The third-order valence-electron chi connectivity index (χ3n) is 11.7. The first-order valence-corrected chi connectivity index (χ1v) is 27.3. The minimum atomic E-state index is -1.13. The first-order valence-electron chi connectivity index (χ1n) is 27.3. The number of hydrogen-bond acceptors (Lipinski definition) is 7. The van der Waals surface area contributed by atoms with Gasteiger partial charge in [-0.3, -0.25) is 9.59 Å². The Kier molecular flexibility index (Phi) is 46.9. The molecule has 0 saturated heterocycles.